The summed E-state index contributed by atoms with van der Waals surface area (Å²) < 4.78 is 4.97. The Bertz CT molecular complexity index is 453. The minimum Gasteiger partial charge on any atom is -0.547 e. The van der Waals surface area contributed by atoms with E-state index in [1.807, 2.05) is 0 Å². The number of aryl methyl sites for hydroxylation is 1. The van der Waals surface area contributed by atoms with Crippen molar-refractivity contribution in [2.75, 3.05) is 0 Å². The Hall–Kier alpha value is -0.414. The van der Waals surface area contributed by atoms with E-state index in [0.717, 1.165) is 0 Å². The van der Waals surface area contributed by atoms with Gasteiger partial charge in [0.1, 0.15) is 17.5 Å². The third-order valence-electron chi connectivity index (χ3n) is 1.93. The standard InChI is InChI=1S/C11H17N3O4.K/c1-6-12-5-7(13-6)8(9(15)16)14-10(17)18-11(2,3)4;/h5,8H,1-4H3,(H,12,13)(H,14,17)(H,15,16);/q;+1/p-1. The predicted molar refractivity (Wildman–Crippen MR) is 60.4 cm³/mol. The van der Waals surface area contributed by atoms with Gasteiger partial charge >= 0.3 is 57.5 Å². The SMILES string of the molecule is Cc1ncc(C(NC(=O)OC(C)(C)C)C(=O)[O-])[nH]1.[K+]. The third kappa shape index (κ3) is 6.53. The summed E-state index contributed by atoms with van der Waals surface area (Å²) in [5.74, 6) is -0.897. The molecule has 19 heavy (non-hydrogen) atoms. The van der Waals surface area contributed by atoms with Gasteiger partial charge in [0.15, 0.2) is 0 Å². The molecule has 0 radical (unpaired) electrons. The molecule has 0 saturated carbocycles. The molecule has 0 spiro atoms. The van der Waals surface area contributed by atoms with Crippen LogP contribution in [0, 0.1) is 6.92 Å². The van der Waals surface area contributed by atoms with Crippen LogP contribution in [-0.4, -0.2) is 27.6 Å². The third-order valence-corrected chi connectivity index (χ3v) is 1.93. The van der Waals surface area contributed by atoms with Gasteiger partial charge < -0.3 is 24.9 Å². The Morgan fingerprint density at radius 2 is 2.05 bits per heavy atom. The second-order valence-electron chi connectivity index (χ2n) is 4.82. The molecule has 0 fully saturated rings. The van der Waals surface area contributed by atoms with Crippen LogP contribution in [0.4, 0.5) is 4.79 Å². The monoisotopic (exact) mass is 293 g/mol. The maximum Gasteiger partial charge on any atom is 1.00 e. The van der Waals surface area contributed by atoms with Crippen LogP contribution in [0.5, 0.6) is 0 Å². The fraction of sp³-hybridized carbons (Fsp3) is 0.545. The number of H-pyrrole nitrogens is 1. The van der Waals surface area contributed by atoms with Gasteiger partial charge in [0.25, 0.3) is 0 Å². The van der Waals surface area contributed by atoms with Crippen molar-refractivity contribution in [1.82, 2.24) is 15.3 Å². The Morgan fingerprint density at radius 3 is 2.42 bits per heavy atom. The zero-order valence-corrected chi connectivity index (χ0v) is 14.9. The molecule has 2 N–H and O–H groups in total. The Kier molecular flexibility index (Phi) is 7.23. The Morgan fingerprint density at radius 1 is 1.47 bits per heavy atom. The van der Waals surface area contributed by atoms with Crippen LogP contribution in [0.25, 0.3) is 0 Å². The van der Waals surface area contributed by atoms with Crippen LogP contribution in [0.1, 0.15) is 38.3 Å². The summed E-state index contributed by atoms with van der Waals surface area (Å²) in [6.45, 7) is 6.71. The summed E-state index contributed by atoms with van der Waals surface area (Å²) in [7, 11) is 0. The zero-order valence-electron chi connectivity index (χ0n) is 11.7. The van der Waals surface area contributed by atoms with Crippen molar-refractivity contribution in [2.45, 2.75) is 39.3 Å². The maximum atomic E-state index is 11.5. The number of hydrogen-bond acceptors (Lipinski definition) is 5. The molecule has 0 bridgehead atoms. The summed E-state index contributed by atoms with van der Waals surface area (Å²) in [5, 5.41) is 13.2. The number of carbonyl (C=O) groups is 2. The summed E-state index contributed by atoms with van der Waals surface area (Å²) in [6.07, 6.45) is 0.497. The van der Waals surface area contributed by atoms with Crippen molar-refractivity contribution in [3.63, 3.8) is 0 Å². The van der Waals surface area contributed by atoms with Crippen LogP contribution in [-0.2, 0) is 9.53 Å². The first-order valence-electron chi connectivity index (χ1n) is 5.41. The number of aromatic nitrogens is 2. The molecule has 1 aromatic heterocycles. The van der Waals surface area contributed by atoms with Gasteiger partial charge in [-0.05, 0) is 27.7 Å². The number of nitrogens with zero attached hydrogens (tertiary/aromatic N) is 1. The van der Waals surface area contributed by atoms with Gasteiger partial charge in [-0.2, -0.15) is 0 Å². The van der Waals surface area contributed by atoms with Gasteiger partial charge in [0, 0.05) is 0 Å². The van der Waals surface area contributed by atoms with Gasteiger partial charge in [-0.15, -0.1) is 0 Å². The summed E-state index contributed by atoms with van der Waals surface area (Å²) in [5.41, 5.74) is -0.469. The number of carboxylic acid groups (broad SMARTS) is 1. The number of imidazole rings is 1. The predicted octanol–water partition coefficient (Wildman–Crippen LogP) is -2.96. The van der Waals surface area contributed by atoms with Crippen molar-refractivity contribution in [1.29, 1.82) is 0 Å². The van der Waals surface area contributed by atoms with E-state index >= 15 is 0 Å². The van der Waals surface area contributed by atoms with E-state index in [9.17, 15) is 14.7 Å². The first-order valence-corrected chi connectivity index (χ1v) is 5.41. The van der Waals surface area contributed by atoms with E-state index in [1.54, 1.807) is 27.7 Å². The number of ether oxygens (including phenoxy) is 1. The van der Waals surface area contributed by atoms with Gasteiger partial charge in [0.2, 0.25) is 0 Å². The van der Waals surface area contributed by atoms with Crippen LogP contribution in [0.15, 0.2) is 6.20 Å². The average molecular weight is 293 g/mol. The Balaban J connectivity index is 0.00000324. The summed E-state index contributed by atoms with van der Waals surface area (Å²) in [4.78, 5) is 29.1. The number of aromatic amines is 1. The molecule has 1 unspecified atom stereocenters. The number of alkyl carbamates (subject to hydrolysis) is 1. The number of carbonyl (C=O) groups excluding carboxylic acids is 2. The van der Waals surface area contributed by atoms with Crippen molar-refractivity contribution in [3.05, 3.63) is 17.7 Å². The Labute approximate surface area is 153 Å². The first kappa shape index (κ1) is 18.6. The number of hydrogen-bond donors (Lipinski definition) is 2. The summed E-state index contributed by atoms with van der Waals surface area (Å²) >= 11 is 0. The first-order chi connectivity index (χ1) is 8.19. The normalized spacial score (nSPS) is 12.2. The molecular formula is C11H16KN3O4. The second-order valence-corrected chi connectivity index (χ2v) is 4.82. The molecule has 1 aromatic rings. The number of rotatable bonds is 3. The molecule has 0 aliphatic carbocycles. The molecule has 8 heteroatoms. The van der Waals surface area contributed by atoms with Gasteiger partial charge in [-0.25, -0.2) is 9.78 Å². The van der Waals surface area contributed by atoms with Crippen LogP contribution in [0.2, 0.25) is 0 Å². The number of nitrogens with one attached hydrogen (secondary N) is 2. The quantitative estimate of drug-likeness (QED) is 0.579. The topological polar surface area (TPSA) is 107 Å². The van der Waals surface area contributed by atoms with Crippen LogP contribution in [0.3, 0.4) is 0 Å². The molecule has 0 aliphatic rings. The van der Waals surface area contributed by atoms with Gasteiger partial charge in [-0.1, -0.05) is 0 Å². The molecule has 0 aromatic carbocycles. The molecule has 0 saturated heterocycles. The maximum absolute atomic E-state index is 11.5. The smallest absolute Gasteiger partial charge is 0.547 e. The average Bonchev–Trinajstić information content (AvgIpc) is 2.57. The minimum absolute atomic E-state index is 0. The molecule has 0 aliphatic heterocycles. The summed E-state index contributed by atoms with van der Waals surface area (Å²) in [6, 6.07) is -1.32. The second kappa shape index (κ2) is 7.39. The molecule has 1 atom stereocenters. The van der Waals surface area contributed by atoms with E-state index in [-0.39, 0.29) is 57.1 Å². The van der Waals surface area contributed by atoms with Gasteiger partial charge in [-0.3, -0.25) is 0 Å². The molecule has 7 nitrogen and oxygen atoms in total. The largest absolute Gasteiger partial charge is 1.00 e. The van der Waals surface area contributed by atoms with Crippen molar-refractivity contribution < 1.29 is 70.8 Å². The minimum atomic E-state index is -1.44. The number of carboxylic acids is 1. The van der Waals surface area contributed by atoms with E-state index in [2.05, 4.69) is 15.3 Å². The molecule has 1 rings (SSSR count). The van der Waals surface area contributed by atoms with Crippen molar-refractivity contribution in [3.8, 4) is 0 Å². The van der Waals surface area contributed by atoms with Crippen molar-refractivity contribution >= 4 is 12.1 Å². The van der Waals surface area contributed by atoms with E-state index in [1.165, 1.54) is 6.20 Å². The van der Waals surface area contributed by atoms with Gasteiger partial charge in [0.05, 0.1) is 17.9 Å². The van der Waals surface area contributed by atoms with E-state index in [0.29, 0.717) is 5.82 Å². The number of aliphatic carboxylic acids is 1. The van der Waals surface area contributed by atoms with Crippen LogP contribution < -0.4 is 61.8 Å². The zero-order chi connectivity index (χ0) is 13.9. The van der Waals surface area contributed by atoms with E-state index in [4.69, 9.17) is 4.74 Å². The van der Waals surface area contributed by atoms with Crippen LogP contribution >= 0.6 is 0 Å². The molecular weight excluding hydrogens is 277 g/mol. The molecule has 1 heterocycles. The fourth-order valence-corrected chi connectivity index (χ4v) is 1.28. The molecule has 100 valence electrons. The number of amides is 1. The van der Waals surface area contributed by atoms with E-state index < -0.39 is 23.7 Å². The fourth-order valence-electron chi connectivity index (χ4n) is 1.28. The molecule has 1 amide bonds. The van der Waals surface area contributed by atoms with Crippen molar-refractivity contribution in [2.24, 2.45) is 0 Å².